The van der Waals surface area contributed by atoms with Crippen LogP contribution in [0.3, 0.4) is 0 Å². The number of nitrogens with one attached hydrogen (secondary N) is 1. The molecule has 1 amide bonds. The lowest BCUT2D eigenvalue weighted by atomic mass is 10.0. The fraction of sp³-hybridized carbons (Fsp3) is 0.391. The summed E-state index contributed by atoms with van der Waals surface area (Å²) in [4.78, 5) is 28.2. The third-order valence-corrected chi connectivity index (χ3v) is 4.58. The summed E-state index contributed by atoms with van der Waals surface area (Å²) < 4.78 is 0. The van der Waals surface area contributed by atoms with Crippen LogP contribution < -0.4 is 11.2 Å². The zero-order valence-corrected chi connectivity index (χ0v) is 16.5. The van der Waals surface area contributed by atoms with E-state index in [-0.39, 0.29) is 12.3 Å². The maximum Gasteiger partial charge on any atom is 0.348 e. The maximum atomic E-state index is 11.9. The van der Waals surface area contributed by atoms with Gasteiger partial charge in [-0.15, -0.1) is 0 Å². The van der Waals surface area contributed by atoms with Crippen LogP contribution in [0.4, 0.5) is 0 Å². The third kappa shape index (κ3) is 7.92. The van der Waals surface area contributed by atoms with Crippen molar-refractivity contribution in [2.75, 3.05) is 0 Å². The molecule has 5 nitrogen and oxygen atoms in total. The molecule has 0 fully saturated rings. The van der Waals surface area contributed by atoms with Crippen molar-refractivity contribution in [1.82, 2.24) is 5.48 Å². The molecule has 0 heterocycles. The van der Waals surface area contributed by atoms with E-state index < -0.39 is 12.0 Å². The van der Waals surface area contributed by atoms with Crippen molar-refractivity contribution >= 4 is 11.9 Å². The van der Waals surface area contributed by atoms with Gasteiger partial charge in [0.1, 0.15) is 6.04 Å². The molecule has 0 spiro atoms. The lowest BCUT2D eigenvalue weighted by Crippen LogP contribution is -2.38. The normalized spacial score (nSPS) is 11.6. The second kappa shape index (κ2) is 11.9. The van der Waals surface area contributed by atoms with Crippen LogP contribution in [-0.4, -0.2) is 17.9 Å². The topological polar surface area (TPSA) is 81.4 Å². The Morgan fingerprint density at radius 1 is 0.929 bits per heavy atom. The van der Waals surface area contributed by atoms with E-state index in [2.05, 4.69) is 29.7 Å². The Kier molecular flexibility index (Phi) is 9.22. The minimum absolute atomic E-state index is 0.157. The lowest BCUT2D eigenvalue weighted by molar-refractivity contribution is -0.159. The molecular formula is C23H30N2O3. The van der Waals surface area contributed by atoms with Gasteiger partial charge in [0.2, 0.25) is 0 Å². The smallest absolute Gasteiger partial charge is 0.339 e. The lowest BCUT2D eigenvalue weighted by Gasteiger charge is -2.10. The van der Waals surface area contributed by atoms with Crippen molar-refractivity contribution in [1.29, 1.82) is 0 Å². The Hall–Kier alpha value is -2.66. The summed E-state index contributed by atoms with van der Waals surface area (Å²) in [5.74, 6) is -0.978. The molecule has 0 bridgehead atoms. The number of benzene rings is 2. The average Bonchev–Trinajstić information content (AvgIpc) is 2.71. The van der Waals surface area contributed by atoms with E-state index in [9.17, 15) is 9.59 Å². The minimum Gasteiger partial charge on any atom is -0.339 e. The van der Waals surface area contributed by atoms with Crippen LogP contribution in [0.15, 0.2) is 54.6 Å². The highest BCUT2D eigenvalue weighted by atomic mass is 16.7. The predicted octanol–water partition coefficient (Wildman–Crippen LogP) is 3.50. The summed E-state index contributed by atoms with van der Waals surface area (Å²) in [6.45, 7) is 1.93. The van der Waals surface area contributed by atoms with Gasteiger partial charge in [-0.2, -0.15) is 5.48 Å². The molecule has 0 aromatic heterocycles. The number of carbonyl (C=O) groups excluding carboxylic acids is 2. The standard InChI is InChI=1S/C23H30N2O3/c1-2-8-21(24)23(27)28-25-22(26)17-20-15-13-19(14-16-20)12-7-6-11-18-9-4-3-5-10-18/h3-5,9-10,13-16,21H,2,6-8,11-12,17,24H2,1H3,(H,25,26)/t21-/m0/s1. The summed E-state index contributed by atoms with van der Waals surface area (Å²) >= 11 is 0. The molecule has 5 heteroatoms. The maximum absolute atomic E-state index is 11.9. The Morgan fingerprint density at radius 2 is 1.50 bits per heavy atom. The zero-order chi connectivity index (χ0) is 20.2. The zero-order valence-electron chi connectivity index (χ0n) is 16.5. The van der Waals surface area contributed by atoms with Gasteiger partial charge in [0, 0.05) is 0 Å². The van der Waals surface area contributed by atoms with Crippen LogP contribution in [0.1, 0.15) is 49.3 Å². The van der Waals surface area contributed by atoms with Crippen LogP contribution in [0.25, 0.3) is 0 Å². The number of carbonyl (C=O) groups is 2. The molecular weight excluding hydrogens is 352 g/mol. The van der Waals surface area contributed by atoms with E-state index in [4.69, 9.17) is 10.6 Å². The van der Waals surface area contributed by atoms with Crippen molar-refractivity contribution in [2.24, 2.45) is 5.73 Å². The second-order valence-electron chi connectivity index (χ2n) is 7.03. The number of hydroxylamine groups is 1. The van der Waals surface area contributed by atoms with E-state index in [1.165, 1.54) is 11.1 Å². The number of amides is 1. The fourth-order valence-electron chi connectivity index (χ4n) is 2.96. The molecule has 0 saturated carbocycles. The summed E-state index contributed by atoms with van der Waals surface area (Å²) in [6.07, 6.45) is 5.86. The first kappa shape index (κ1) is 21.6. The molecule has 2 aromatic rings. The summed E-state index contributed by atoms with van der Waals surface area (Å²) in [7, 11) is 0. The van der Waals surface area contributed by atoms with E-state index >= 15 is 0 Å². The van der Waals surface area contributed by atoms with Crippen LogP contribution >= 0.6 is 0 Å². The third-order valence-electron chi connectivity index (χ3n) is 4.58. The van der Waals surface area contributed by atoms with E-state index in [1.54, 1.807) is 0 Å². The number of unbranched alkanes of at least 4 members (excludes halogenated alkanes) is 1. The van der Waals surface area contributed by atoms with Crippen molar-refractivity contribution in [3.05, 3.63) is 71.3 Å². The number of rotatable bonds is 10. The van der Waals surface area contributed by atoms with Gasteiger partial charge in [0.25, 0.3) is 5.91 Å². The largest absolute Gasteiger partial charge is 0.348 e. The molecule has 0 aliphatic carbocycles. The monoisotopic (exact) mass is 382 g/mol. The van der Waals surface area contributed by atoms with Gasteiger partial charge in [-0.05, 0) is 48.8 Å². The fourth-order valence-corrected chi connectivity index (χ4v) is 2.96. The highest BCUT2D eigenvalue weighted by Crippen LogP contribution is 2.11. The predicted molar refractivity (Wildman–Crippen MR) is 110 cm³/mol. The van der Waals surface area contributed by atoms with Crippen LogP contribution in [0.2, 0.25) is 0 Å². The highest BCUT2D eigenvalue weighted by molar-refractivity contribution is 5.81. The number of nitrogens with two attached hydrogens (primary N) is 1. The molecule has 150 valence electrons. The molecule has 0 unspecified atom stereocenters. The van der Waals surface area contributed by atoms with Gasteiger partial charge in [-0.3, -0.25) is 4.79 Å². The molecule has 0 aliphatic rings. The van der Waals surface area contributed by atoms with Crippen molar-refractivity contribution in [2.45, 2.75) is 57.9 Å². The van der Waals surface area contributed by atoms with Crippen LogP contribution in [0.5, 0.6) is 0 Å². The number of hydrogen-bond donors (Lipinski definition) is 2. The van der Waals surface area contributed by atoms with Crippen molar-refractivity contribution in [3.8, 4) is 0 Å². The molecule has 1 atom stereocenters. The summed E-state index contributed by atoms with van der Waals surface area (Å²) in [6, 6.07) is 17.8. The van der Waals surface area contributed by atoms with Gasteiger partial charge >= 0.3 is 5.97 Å². The molecule has 28 heavy (non-hydrogen) atoms. The van der Waals surface area contributed by atoms with Crippen LogP contribution in [0, 0.1) is 0 Å². The number of aryl methyl sites for hydroxylation is 2. The highest BCUT2D eigenvalue weighted by Gasteiger charge is 2.15. The van der Waals surface area contributed by atoms with Crippen LogP contribution in [-0.2, 0) is 33.7 Å². The molecule has 0 radical (unpaired) electrons. The van der Waals surface area contributed by atoms with Crippen molar-refractivity contribution in [3.63, 3.8) is 0 Å². The van der Waals surface area contributed by atoms with Gasteiger partial charge in [0.15, 0.2) is 0 Å². The van der Waals surface area contributed by atoms with Gasteiger partial charge in [-0.1, -0.05) is 67.9 Å². The Morgan fingerprint density at radius 3 is 2.11 bits per heavy atom. The van der Waals surface area contributed by atoms with E-state index in [0.29, 0.717) is 6.42 Å². The molecule has 0 aliphatic heterocycles. The second-order valence-corrected chi connectivity index (χ2v) is 7.03. The Bertz CT molecular complexity index is 729. The van der Waals surface area contributed by atoms with Crippen molar-refractivity contribution < 1.29 is 14.4 Å². The van der Waals surface area contributed by atoms with E-state index in [1.807, 2.05) is 37.3 Å². The Balaban J connectivity index is 1.67. The van der Waals surface area contributed by atoms with E-state index in [0.717, 1.165) is 37.7 Å². The summed E-state index contributed by atoms with van der Waals surface area (Å²) in [5.41, 5.74) is 11.3. The first-order valence-electron chi connectivity index (χ1n) is 9.95. The molecule has 0 saturated heterocycles. The molecule has 2 rings (SSSR count). The summed E-state index contributed by atoms with van der Waals surface area (Å²) in [5, 5.41) is 0. The average molecular weight is 383 g/mol. The number of hydrogen-bond acceptors (Lipinski definition) is 4. The Labute approximate surface area is 167 Å². The van der Waals surface area contributed by atoms with Gasteiger partial charge in [-0.25, -0.2) is 4.79 Å². The van der Waals surface area contributed by atoms with Gasteiger partial charge < -0.3 is 10.6 Å². The first-order chi connectivity index (χ1) is 13.6. The quantitative estimate of drug-likeness (QED) is 0.487. The minimum atomic E-state index is -0.702. The first-order valence-corrected chi connectivity index (χ1v) is 9.95. The molecule has 3 N–H and O–H groups in total. The SMILES string of the molecule is CCC[C@H](N)C(=O)ONC(=O)Cc1ccc(CCCCc2ccccc2)cc1. The van der Waals surface area contributed by atoms with Gasteiger partial charge in [0.05, 0.1) is 6.42 Å². The molecule has 2 aromatic carbocycles.